The summed E-state index contributed by atoms with van der Waals surface area (Å²) in [5.41, 5.74) is 0.671. The molecule has 0 aromatic heterocycles. The molecule has 0 amide bonds. The number of nitrogens with one attached hydrogen (secondary N) is 1. The number of likely N-dealkylation sites (tertiary alicyclic amines) is 1. The highest BCUT2D eigenvalue weighted by molar-refractivity contribution is 4.95. The van der Waals surface area contributed by atoms with Gasteiger partial charge >= 0.3 is 0 Å². The summed E-state index contributed by atoms with van der Waals surface area (Å²) >= 11 is 0. The molecule has 18 heavy (non-hydrogen) atoms. The topological polar surface area (TPSA) is 15.3 Å². The quantitative estimate of drug-likeness (QED) is 0.825. The molecular weight excluding hydrogens is 220 g/mol. The zero-order valence-corrected chi connectivity index (χ0v) is 11.9. The number of rotatable bonds is 4. The summed E-state index contributed by atoms with van der Waals surface area (Å²) in [6.07, 6.45) is 13.4. The molecule has 0 bridgehead atoms. The molecule has 3 aliphatic rings. The molecule has 3 rings (SSSR count). The standard InChI is InChI=1S/C16H30N2/c1-2-5-15(6-3-1)7-4-11-18-12-9-16(14-18)8-10-17-13-16/h15,17H,1-14H2. The van der Waals surface area contributed by atoms with Crippen molar-refractivity contribution < 1.29 is 0 Å². The van der Waals surface area contributed by atoms with Crippen LogP contribution in [0.25, 0.3) is 0 Å². The Labute approximate surface area is 113 Å². The molecule has 1 saturated carbocycles. The first kappa shape index (κ1) is 12.9. The molecule has 3 fully saturated rings. The average Bonchev–Trinajstić information content (AvgIpc) is 3.02. The van der Waals surface area contributed by atoms with E-state index in [1.807, 2.05) is 0 Å². The van der Waals surface area contributed by atoms with Crippen LogP contribution in [0, 0.1) is 11.3 Å². The van der Waals surface area contributed by atoms with Gasteiger partial charge in [0.25, 0.3) is 0 Å². The summed E-state index contributed by atoms with van der Waals surface area (Å²) in [6, 6.07) is 0. The molecule has 2 heteroatoms. The molecule has 1 N–H and O–H groups in total. The van der Waals surface area contributed by atoms with Crippen molar-refractivity contribution in [2.45, 2.75) is 57.8 Å². The largest absolute Gasteiger partial charge is 0.316 e. The molecule has 1 aliphatic carbocycles. The highest BCUT2D eigenvalue weighted by atomic mass is 15.2. The van der Waals surface area contributed by atoms with Crippen molar-refractivity contribution in [3.63, 3.8) is 0 Å². The highest BCUT2D eigenvalue weighted by Gasteiger charge is 2.39. The molecule has 1 spiro atoms. The summed E-state index contributed by atoms with van der Waals surface area (Å²) < 4.78 is 0. The second kappa shape index (κ2) is 5.92. The van der Waals surface area contributed by atoms with Crippen molar-refractivity contribution >= 4 is 0 Å². The van der Waals surface area contributed by atoms with Gasteiger partial charge in [-0.3, -0.25) is 0 Å². The minimum atomic E-state index is 0.671. The van der Waals surface area contributed by atoms with Crippen LogP contribution in [-0.4, -0.2) is 37.6 Å². The van der Waals surface area contributed by atoms with Gasteiger partial charge in [0.2, 0.25) is 0 Å². The third-order valence-corrected chi connectivity index (χ3v) is 5.66. The minimum Gasteiger partial charge on any atom is -0.316 e. The molecule has 2 aliphatic heterocycles. The van der Waals surface area contributed by atoms with Gasteiger partial charge in [-0.2, -0.15) is 0 Å². The summed E-state index contributed by atoms with van der Waals surface area (Å²) in [7, 11) is 0. The Morgan fingerprint density at radius 3 is 2.78 bits per heavy atom. The van der Waals surface area contributed by atoms with Crippen LogP contribution >= 0.6 is 0 Å². The van der Waals surface area contributed by atoms with Crippen LogP contribution in [0.3, 0.4) is 0 Å². The lowest BCUT2D eigenvalue weighted by Gasteiger charge is -2.24. The third-order valence-electron chi connectivity index (χ3n) is 5.66. The van der Waals surface area contributed by atoms with E-state index >= 15 is 0 Å². The molecule has 0 radical (unpaired) electrons. The van der Waals surface area contributed by atoms with Gasteiger partial charge in [-0.15, -0.1) is 0 Å². The van der Waals surface area contributed by atoms with E-state index in [2.05, 4.69) is 10.2 Å². The Morgan fingerprint density at radius 1 is 1.11 bits per heavy atom. The second-order valence-electron chi connectivity index (χ2n) is 7.10. The van der Waals surface area contributed by atoms with E-state index in [4.69, 9.17) is 0 Å². The number of hydrogen-bond acceptors (Lipinski definition) is 2. The van der Waals surface area contributed by atoms with Gasteiger partial charge < -0.3 is 10.2 Å². The summed E-state index contributed by atoms with van der Waals surface area (Å²) in [6.45, 7) is 6.66. The van der Waals surface area contributed by atoms with Gasteiger partial charge in [0, 0.05) is 13.1 Å². The Hall–Kier alpha value is -0.0800. The SMILES string of the molecule is C1CCC(CCCN2CCC3(CCNC3)C2)CC1. The smallest absolute Gasteiger partial charge is 0.00511 e. The minimum absolute atomic E-state index is 0.671. The fraction of sp³-hybridized carbons (Fsp3) is 1.00. The van der Waals surface area contributed by atoms with Gasteiger partial charge in [0.1, 0.15) is 0 Å². The van der Waals surface area contributed by atoms with E-state index in [9.17, 15) is 0 Å². The molecular formula is C16H30N2. The molecule has 0 aromatic carbocycles. The van der Waals surface area contributed by atoms with Crippen LogP contribution in [0.5, 0.6) is 0 Å². The van der Waals surface area contributed by atoms with Crippen LogP contribution in [0.1, 0.15) is 57.8 Å². The summed E-state index contributed by atoms with van der Waals surface area (Å²) in [5, 5.41) is 3.56. The normalized spacial score (nSPS) is 34.7. The molecule has 0 aromatic rings. The van der Waals surface area contributed by atoms with Crippen LogP contribution in [0.2, 0.25) is 0 Å². The maximum Gasteiger partial charge on any atom is 0.00511 e. The van der Waals surface area contributed by atoms with E-state index in [-0.39, 0.29) is 0 Å². The van der Waals surface area contributed by atoms with Crippen LogP contribution < -0.4 is 5.32 Å². The van der Waals surface area contributed by atoms with Crippen molar-refractivity contribution in [2.24, 2.45) is 11.3 Å². The zero-order valence-electron chi connectivity index (χ0n) is 11.9. The van der Waals surface area contributed by atoms with Gasteiger partial charge in [-0.1, -0.05) is 32.1 Å². The monoisotopic (exact) mass is 250 g/mol. The lowest BCUT2D eigenvalue weighted by Crippen LogP contribution is -2.29. The maximum atomic E-state index is 3.56. The predicted molar refractivity (Wildman–Crippen MR) is 76.8 cm³/mol. The zero-order chi connectivity index (χ0) is 12.3. The average molecular weight is 250 g/mol. The van der Waals surface area contributed by atoms with Crippen molar-refractivity contribution in [3.05, 3.63) is 0 Å². The molecule has 2 nitrogen and oxygen atoms in total. The van der Waals surface area contributed by atoms with E-state index in [1.165, 1.54) is 90.5 Å². The first-order valence-electron chi connectivity index (χ1n) is 8.29. The van der Waals surface area contributed by atoms with E-state index in [0.717, 1.165) is 5.92 Å². The summed E-state index contributed by atoms with van der Waals surface area (Å²) in [4.78, 5) is 2.75. The fourth-order valence-corrected chi connectivity index (χ4v) is 4.44. The second-order valence-corrected chi connectivity index (χ2v) is 7.10. The Balaban J connectivity index is 1.34. The Kier molecular flexibility index (Phi) is 4.25. The molecule has 104 valence electrons. The van der Waals surface area contributed by atoms with Crippen molar-refractivity contribution in [1.29, 1.82) is 0 Å². The molecule has 2 saturated heterocycles. The molecule has 2 heterocycles. The van der Waals surface area contributed by atoms with Crippen LogP contribution in [-0.2, 0) is 0 Å². The van der Waals surface area contributed by atoms with Gasteiger partial charge in [0.05, 0.1) is 0 Å². The first-order valence-corrected chi connectivity index (χ1v) is 8.29. The van der Waals surface area contributed by atoms with Gasteiger partial charge in [0.15, 0.2) is 0 Å². The Morgan fingerprint density at radius 2 is 2.00 bits per heavy atom. The third kappa shape index (κ3) is 3.08. The Bertz CT molecular complexity index is 252. The van der Waals surface area contributed by atoms with Gasteiger partial charge in [-0.25, -0.2) is 0 Å². The van der Waals surface area contributed by atoms with Crippen molar-refractivity contribution in [3.8, 4) is 0 Å². The summed E-state index contributed by atoms with van der Waals surface area (Å²) in [5.74, 6) is 1.07. The fourth-order valence-electron chi connectivity index (χ4n) is 4.44. The van der Waals surface area contributed by atoms with Gasteiger partial charge in [-0.05, 0) is 56.7 Å². The number of hydrogen-bond donors (Lipinski definition) is 1. The first-order chi connectivity index (χ1) is 8.86. The lowest BCUT2D eigenvalue weighted by atomic mass is 9.86. The lowest BCUT2D eigenvalue weighted by molar-refractivity contribution is 0.254. The van der Waals surface area contributed by atoms with E-state index in [0.29, 0.717) is 5.41 Å². The van der Waals surface area contributed by atoms with Crippen LogP contribution in [0.4, 0.5) is 0 Å². The van der Waals surface area contributed by atoms with E-state index < -0.39 is 0 Å². The van der Waals surface area contributed by atoms with Crippen molar-refractivity contribution in [1.82, 2.24) is 10.2 Å². The molecule has 1 unspecified atom stereocenters. The van der Waals surface area contributed by atoms with E-state index in [1.54, 1.807) is 0 Å². The maximum absolute atomic E-state index is 3.56. The number of nitrogens with zero attached hydrogens (tertiary/aromatic N) is 1. The van der Waals surface area contributed by atoms with Crippen molar-refractivity contribution in [2.75, 3.05) is 32.7 Å². The highest BCUT2D eigenvalue weighted by Crippen LogP contribution is 2.36. The van der Waals surface area contributed by atoms with Crippen LogP contribution in [0.15, 0.2) is 0 Å². The molecule has 1 atom stereocenters. The predicted octanol–water partition coefficient (Wildman–Crippen LogP) is 3.03.